The van der Waals surface area contributed by atoms with Crippen LogP contribution in [0, 0.1) is 12.8 Å². The van der Waals surface area contributed by atoms with Crippen LogP contribution in [0.4, 0.5) is 11.5 Å². The zero-order valence-corrected chi connectivity index (χ0v) is 16.1. The van der Waals surface area contributed by atoms with Crippen molar-refractivity contribution in [2.45, 2.75) is 57.9 Å². The topological polar surface area (TPSA) is 50.2 Å². The lowest BCUT2D eigenvalue weighted by Gasteiger charge is -2.30. The number of carbonyl (C=O) groups excluding carboxylic acids is 1. The van der Waals surface area contributed by atoms with Gasteiger partial charge in [-0.2, -0.15) is 5.10 Å². The molecule has 1 aromatic heterocycles. The Morgan fingerprint density at radius 3 is 2.70 bits per heavy atom. The summed E-state index contributed by atoms with van der Waals surface area (Å²) < 4.78 is 2.01. The van der Waals surface area contributed by atoms with E-state index in [1.807, 2.05) is 10.9 Å². The van der Waals surface area contributed by atoms with E-state index in [2.05, 4.69) is 40.4 Å². The minimum Gasteiger partial charge on any atom is -0.372 e. The number of hydrogen-bond acceptors (Lipinski definition) is 3. The lowest BCUT2D eigenvalue weighted by atomic mass is 9.85. The van der Waals surface area contributed by atoms with Crippen molar-refractivity contribution in [1.82, 2.24) is 9.78 Å². The molecule has 1 unspecified atom stereocenters. The van der Waals surface area contributed by atoms with E-state index in [-0.39, 0.29) is 11.8 Å². The summed E-state index contributed by atoms with van der Waals surface area (Å²) in [7, 11) is 0. The molecule has 2 aliphatic heterocycles. The van der Waals surface area contributed by atoms with Crippen molar-refractivity contribution < 1.29 is 4.79 Å². The van der Waals surface area contributed by atoms with Crippen molar-refractivity contribution in [3.63, 3.8) is 0 Å². The lowest BCUT2D eigenvalue weighted by molar-refractivity contribution is -0.116. The highest BCUT2D eigenvalue weighted by molar-refractivity contribution is 5.94. The van der Waals surface area contributed by atoms with E-state index in [9.17, 15) is 4.79 Å². The zero-order valence-electron chi connectivity index (χ0n) is 16.1. The summed E-state index contributed by atoms with van der Waals surface area (Å²) in [5.74, 6) is 1.86. The van der Waals surface area contributed by atoms with E-state index in [1.54, 1.807) is 0 Å². The molecule has 27 heavy (non-hydrogen) atoms. The summed E-state index contributed by atoms with van der Waals surface area (Å²) in [6.07, 6.45) is 8.95. The Labute approximate surface area is 160 Å². The highest BCUT2D eigenvalue weighted by Gasteiger charge is 2.32. The largest absolute Gasteiger partial charge is 0.372 e. The first kappa shape index (κ1) is 16.8. The lowest BCUT2D eigenvalue weighted by Crippen LogP contribution is -2.29. The average Bonchev–Trinajstić information content (AvgIpc) is 3.41. The SMILES string of the molecule is Cc1cc(N2CCCCC2)ccc1C1CC(=O)Nc2c1cnn2CC1CC1. The Morgan fingerprint density at radius 2 is 1.96 bits per heavy atom. The number of amides is 1. The number of nitrogens with zero attached hydrogens (tertiary/aromatic N) is 3. The first-order valence-electron chi connectivity index (χ1n) is 10.4. The highest BCUT2D eigenvalue weighted by atomic mass is 16.1. The summed E-state index contributed by atoms with van der Waals surface area (Å²) in [5.41, 5.74) is 5.03. The second-order valence-corrected chi connectivity index (χ2v) is 8.47. The van der Waals surface area contributed by atoms with E-state index < -0.39 is 0 Å². The molecule has 1 aromatic carbocycles. The van der Waals surface area contributed by atoms with E-state index in [0.29, 0.717) is 6.42 Å². The minimum absolute atomic E-state index is 0.101. The van der Waals surface area contributed by atoms with Gasteiger partial charge in [0.05, 0.1) is 6.20 Å². The van der Waals surface area contributed by atoms with Crippen LogP contribution < -0.4 is 10.2 Å². The molecule has 0 spiro atoms. The van der Waals surface area contributed by atoms with Crippen LogP contribution in [0.2, 0.25) is 0 Å². The van der Waals surface area contributed by atoms with Gasteiger partial charge in [-0.15, -0.1) is 0 Å². The zero-order chi connectivity index (χ0) is 18.4. The van der Waals surface area contributed by atoms with Gasteiger partial charge in [-0.05, 0) is 68.2 Å². The molecule has 1 aliphatic carbocycles. The van der Waals surface area contributed by atoms with Gasteiger partial charge in [-0.1, -0.05) is 6.07 Å². The maximum atomic E-state index is 12.4. The molecular formula is C22H28N4O. The number of rotatable bonds is 4. The second kappa shape index (κ2) is 6.70. The number of aryl methyl sites for hydroxylation is 1. The summed E-state index contributed by atoms with van der Waals surface area (Å²) >= 11 is 0. The molecule has 1 atom stereocenters. The smallest absolute Gasteiger partial charge is 0.226 e. The number of fused-ring (bicyclic) bond motifs is 1. The van der Waals surface area contributed by atoms with Gasteiger partial charge < -0.3 is 10.2 Å². The molecule has 5 rings (SSSR count). The quantitative estimate of drug-likeness (QED) is 0.890. The molecule has 1 saturated carbocycles. The first-order valence-corrected chi connectivity index (χ1v) is 10.4. The number of benzene rings is 1. The molecule has 1 N–H and O–H groups in total. The molecule has 1 amide bonds. The van der Waals surface area contributed by atoms with Crippen LogP contribution in [0.25, 0.3) is 0 Å². The molecule has 0 radical (unpaired) electrons. The molecule has 142 valence electrons. The van der Waals surface area contributed by atoms with Gasteiger partial charge in [-0.25, -0.2) is 4.68 Å². The Bertz CT molecular complexity index is 861. The van der Waals surface area contributed by atoms with Crippen molar-refractivity contribution >= 4 is 17.4 Å². The Hall–Kier alpha value is -2.30. The van der Waals surface area contributed by atoms with E-state index in [1.165, 1.54) is 54.5 Å². The molecule has 2 fully saturated rings. The van der Waals surface area contributed by atoms with E-state index in [0.717, 1.165) is 31.4 Å². The number of aromatic nitrogens is 2. The third kappa shape index (κ3) is 3.24. The molecule has 5 heteroatoms. The van der Waals surface area contributed by atoms with Gasteiger partial charge in [-0.3, -0.25) is 4.79 Å². The number of carbonyl (C=O) groups is 1. The summed E-state index contributed by atoms with van der Waals surface area (Å²) in [4.78, 5) is 14.9. The normalized spacial score (nSPS) is 22.5. The molecule has 3 aliphatic rings. The standard InChI is InChI=1S/C22H28N4O/c1-15-11-17(25-9-3-2-4-10-25)7-8-18(15)19-12-21(27)24-22-20(19)13-23-26(22)14-16-5-6-16/h7-8,11,13,16,19H,2-6,9-10,12,14H2,1H3,(H,24,27). The Morgan fingerprint density at radius 1 is 1.15 bits per heavy atom. The Kier molecular flexibility index (Phi) is 4.18. The molecular weight excluding hydrogens is 336 g/mol. The average molecular weight is 364 g/mol. The predicted octanol–water partition coefficient (Wildman–Crippen LogP) is 4.07. The van der Waals surface area contributed by atoms with Gasteiger partial charge >= 0.3 is 0 Å². The minimum atomic E-state index is 0.101. The number of piperidine rings is 1. The maximum absolute atomic E-state index is 12.4. The van der Waals surface area contributed by atoms with Gasteiger partial charge in [0, 0.05) is 43.2 Å². The van der Waals surface area contributed by atoms with Crippen LogP contribution in [-0.2, 0) is 11.3 Å². The fourth-order valence-corrected chi connectivity index (χ4v) is 4.63. The third-order valence-corrected chi connectivity index (χ3v) is 6.37. The predicted molar refractivity (Wildman–Crippen MR) is 107 cm³/mol. The van der Waals surface area contributed by atoms with Gasteiger partial charge in [0.25, 0.3) is 0 Å². The molecule has 0 bridgehead atoms. The van der Waals surface area contributed by atoms with Gasteiger partial charge in [0.2, 0.25) is 5.91 Å². The van der Waals surface area contributed by atoms with Crippen LogP contribution in [0.15, 0.2) is 24.4 Å². The van der Waals surface area contributed by atoms with Crippen molar-refractivity contribution in [3.05, 3.63) is 41.1 Å². The van der Waals surface area contributed by atoms with Crippen molar-refractivity contribution in [2.75, 3.05) is 23.3 Å². The van der Waals surface area contributed by atoms with Crippen LogP contribution in [0.1, 0.15) is 61.1 Å². The monoisotopic (exact) mass is 364 g/mol. The van der Waals surface area contributed by atoms with Crippen LogP contribution in [0.3, 0.4) is 0 Å². The van der Waals surface area contributed by atoms with Crippen LogP contribution in [0.5, 0.6) is 0 Å². The van der Waals surface area contributed by atoms with Gasteiger partial charge in [0.1, 0.15) is 5.82 Å². The molecule has 2 aromatic rings. The van der Waals surface area contributed by atoms with E-state index in [4.69, 9.17) is 0 Å². The number of hydrogen-bond donors (Lipinski definition) is 1. The Balaban J connectivity index is 1.46. The van der Waals surface area contributed by atoms with Crippen molar-refractivity contribution in [1.29, 1.82) is 0 Å². The van der Waals surface area contributed by atoms with Gasteiger partial charge in [0.15, 0.2) is 0 Å². The van der Waals surface area contributed by atoms with Crippen LogP contribution in [-0.4, -0.2) is 28.8 Å². The summed E-state index contributed by atoms with van der Waals surface area (Å²) in [6.45, 7) is 5.42. The van der Waals surface area contributed by atoms with Crippen molar-refractivity contribution in [3.8, 4) is 0 Å². The maximum Gasteiger partial charge on any atom is 0.226 e. The number of nitrogens with one attached hydrogen (secondary N) is 1. The molecule has 1 saturated heterocycles. The second-order valence-electron chi connectivity index (χ2n) is 8.47. The fourth-order valence-electron chi connectivity index (χ4n) is 4.63. The third-order valence-electron chi connectivity index (χ3n) is 6.37. The van der Waals surface area contributed by atoms with Crippen LogP contribution >= 0.6 is 0 Å². The first-order chi connectivity index (χ1) is 13.2. The van der Waals surface area contributed by atoms with Crippen molar-refractivity contribution in [2.24, 2.45) is 5.92 Å². The summed E-state index contributed by atoms with van der Waals surface area (Å²) in [6, 6.07) is 6.79. The summed E-state index contributed by atoms with van der Waals surface area (Å²) in [5, 5.41) is 7.68. The van der Waals surface area contributed by atoms with E-state index >= 15 is 0 Å². The number of anilines is 2. The fraction of sp³-hybridized carbons (Fsp3) is 0.545. The highest BCUT2D eigenvalue weighted by Crippen LogP contribution is 2.40. The molecule has 3 heterocycles. The molecule has 5 nitrogen and oxygen atoms in total.